The van der Waals surface area contributed by atoms with E-state index in [0.717, 1.165) is 57.6 Å². The fourth-order valence-corrected chi connectivity index (χ4v) is 9.33. The highest BCUT2D eigenvalue weighted by Gasteiger charge is 2.22. The van der Waals surface area contributed by atoms with Crippen LogP contribution >= 0.6 is 159 Å². The summed E-state index contributed by atoms with van der Waals surface area (Å²) in [5, 5.41) is 0. The van der Waals surface area contributed by atoms with Gasteiger partial charge in [0, 0.05) is 44.7 Å². The molecule has 0 aliphatic carbocycles. The van der Waals surface area contributed by atoms with Crippen LogP contribution in [0, 0.1) is 5.92 Å². The van der Waals surface area contributed by atoms with E-state index < -0.39 is 0 Å². The fourth-order valence-electron chi connectivity index (χ4n) is 2.43. The third-order valence-corrected chi connectivity index (χ3v) is 16.2. The Kier molecular flexibility index (Phi) is 10.5. The molecule has 0 spiro atoms. The highest BCUT2D eigenvalue weighted by molar-refractivity contribution is 9.16. The molecule has 142 valence electrons. The summed E-state index contributed by atoms with van der Waals surface area (Å²) in [7, 11) is 0. The van der Waals surface area contributed by atoms with Crippen molar-refractivity contribution in [1.29, 1.82) is 0 Å². The zero-order valence-electron chi connectivity index (χ0n) is 12.8. The van der Waals surface area contributed by atoms with Gasteiger partial charge in [-0.15, -0.1) is 0 Å². The molecule has 0 unspecified atom stereocenters. The highest BCUT2D eigenvalue weighted by atomic mass is 79.9. The van der Waals surface area contributed by atoms with Crippen molar-refractivity contribution in [2.24, 2.45) is 5.92 Å². The van der Waals surface area contributed by atoms with Crippen LogP contribution < -0.4 is 0 Å². The number of benzene rings is 2. The minimum atomic E-state index is 0.412. The van der Waals surface area contributed by atoms with Crippen molar-refractivity contribution in [3.63, 3.8) is 0 Å². The molecule has 0 saturated heterocycles. The van der Waals surface area contributed by atoms with Crippen molar-refractivity contribution in [3.8, 4) is 0 Å². The molecule has 0 radical (unpaired) electrons. The number of hydrogen-bond donors (Lipinski definition) is 0. The minimum Gasteiger partial charge on any atom is -0.0619 e. The molecule has 0 fully saturated rings. The van der Waals surface area contributed by atoms with Gasteiger partial charge in [-0.25, -0.2) is 0 Å². The predicted octanol–water partition coefficient (Wildman–Crippen LogP) is 11.7. The van der Waals surface area contributed by atoms with Crippen molar-refractivity contribution in [2.45, 2.75) is 19.8 Å². The van der Waals surface area contributed by atoms with Gasteiger partial charge in [0.25, 0.3) is 0 Å². The average Bonchev–Trinajstić information content (AvgIpc) is 2.62. The summed E-state index contributed by atoms with van der Waals surface area (Å²) in [4.78, 5) is 0. The number of hydrogen-bond acceptors (Lipinski definition) is 0. The molecule has 26 heavy (non-hydrogen) atoms. The van der Waals surface area contributed by atoms with Crippen molar-refractivity contribution < 1.29 is 0 Å². The average molecular weight is 999 g/mol. The first-order chi connectivity index (χ1) is 12.0. The molecule has 0 N–H and O–H groups in total. The van der Waals surface area contributed by atoms with E-state index >= 15 is 0 Å². The Morgan fingerprint density at radius 1 is 0.423 bits per heavy atom. The first-order valence-corrected chi connectivity index (χ1v) is 14.9. The van der Waals surface area contributed by atoms with Crippen LogP contribution in [0.2, 0.25) is 0 Å². The van der Waals surface area contributed by atoms with Gasteiger partial charge < -0.3 is 0 Å². The molecule has 0 heterocycles. The third kappa shape index (κ3) is 5.34. The van der Waals surface area contributed by atoms with E-state index in [2.05, 4.69) is 166 Å². The largest absolute Gasteiger partial charge is 0.0619 e. The van der Waals surface area contributed by atoms with Crippen LogP contribution in [-0.2, 0) is 12.8 Å². The lowest BCUT2D eigenvalue weighted by Gasteiger charge is -2.20. The van der Waals surface area contributed by atoms with Crippen molar-refractivity contribution in [3.05, 3.63) is 55.9 Å². The molecular weight excluding hydrogens is 991 g/mol. The van der Waals surface area contributed by atoms with E-state index in [9.17, 15) is 0 Å². The summed E-state index contributed by atoms with van der Waals surface area (Å²) >= 11 is 36.7. The van der Waals surface area contributed by atoms with Gasteiger partial charge in [-0.3, -0.25) is 0 Å². The van der Waals surface area contributed by atoms with Crippen molar-refractivity contribution in [1.82, 2.24) is 0 Å². The zero-order valence-corrected chi connectivity index (χ0v) is 28.6. The molecule has 0 aliphatic heterocycles. The van der Waals surface area contributed by atoms with Crippen LogP contribution in [-0.4, -0.2) is 0 Å². The van der Waals surface area contributed by atoms with Crippen LogP contribution in [0.5, 0.6) is 0 Å². The fraction of sp³-hybridized carbons (Fsp3) is 0.250. The summed E-state index contributed by atoms with van der Waals surface area (Å²) in [6.07, 6.45) is 1.83. The molecule has 0 atom stereocenters. The second kappa shape index (κ2) is 10.7. The van der Waals surface area contributed by atoms with E-state index in [1.165, 1.54) is 11.1 Å². The Morgan fingerprint density at radius 3 is 0.846 bits per heavy atom. The van der Waals surface area contributed by atoms with Gasteiger partial charge in [0.05, 0.1) is 0 Å². The first kappa shape index (κ1) is 25.5. The van der Waals surface area contributed by atoms with Crippen molar-refractivity contribution >= 4 is 159 Å². The van der Waals surface area contributed by atoms with Crippen LogP contribution in [0.15, 0.2) is 44.7 Å². The lowest BCUT2D eigenvalue weighted by atomic mass is 9.94. The van der Waals surface area contributed by atoms with Crippen LogP contribution in [0.3, 0.4) is 0 Å². The molecule has 0 bridgehead atoms. The molecule has 10 heteroatoms. The van der Waals surface area contributed by atoms with Gasteiger partial charge in [-0.1, -0.05) is 6.92 Å². The van der Waals surface area contributed by atoms with Crippen molar-refractivity contribution in [2.75, 3.05) is 0 Å². The van der Waals surface area contributed by atoms with Crippen LogP contribution in [0.4, 0.5) is 0 Å². The Balaban J connectivity index is 2.39. The summed E-state index contributed by atoms with van der Waals surface area (Å²) < 4.78 is 10.2. The predicted molar refractivity (Wildman–Crippen MR) is 146 cm³/mol. The monoisotopic (exact) mass is 989 g/mol. The molecule has 0 nitrogen and oxygen atoms in total. The Bertz CT molecular complexity index is 745. The number of halogens is 10. The maximum atomic E-state index is 3.72. The maximum Gasteiger partial charge on any atom is 0.0482 e. The quantitative estimate of drug-likeness (QED) is 0.212. The molecule has 2 aromatic rings. The standard InChI is InChI=1S/C16H8Br10/c1-4(2-5-7(17)11(21)15(25)12(22)8(5)18)3-6-9(19)13(23)16(26)14(24)10(6)20/h4H,2-3H2,1H3. The van der Waals surface area contributed by atoms with E-state index in [0.29, 0.717) is 5.92 Å². The summed E-state index contributed by atoms with van der Waals surface area (Å²) in [5.74, 6) is 0.412. The second-order valence-electron chi connectivity index (χ2n) is 5.61. The molecule has 2 rings (SSSR count). The smallest absolute Gasteiger partial charge is 0.0482 e. The third-order valence-electron chi connectivity index (χ3n) is 3.71. The van der Waals surface area contributed by atoms with Gasteiger partial charge in [0.15, 0.2) is 0 Å². The highest BCUT2D eigenvalue weighted by Crippen LogP contribution is 2.47. The molecule has 2 aromatic carbocycles. The summed E-state index contributed by atoms with van der Waals surface area (Å²) in [6.45, 7) is 2.26. The molecule has 0 amide bonds. The lowest BCUT2D eigenvalue weighted by molar-refractivity contribution is 0.571. The lowest BCUT2D eigenvalue weighted by Crippen LogP contribution is -2.08. The van der Waals surface area contributed by atoms with Gasteiger partial charge in [0.2, 0.25) is 0 Å². The van der Waals surface area contributed by atoms with E-state index in [-0.39, 0.29) is 0 Å². The second-order valence-corrected chi connectivity index (χ2v) is 13.5. The summed E-state index contributed by atoms with van der Waals surface area (Å²) in [6, 6.07) is 0. The van der Waals surface area contributed by atoms with Crippen LogP contribution in [0.1, 0.15) is 18.1 Å². The Hall–Kier alpha value is 3.24. The maximum absolute atomic E-state index is 3.72. The van der Waals surface area contributed by atoms with Gasteiger partial charge in [0.1, 0.15) is 0 Å². The Labute approximate surface area is 237 Å². The first-order valence-electron chi connectivity index (χ1n) is 6.99. The van der Waals surface area contributed by atoms with Gasteiger partial charge >= 0.3 is 0 Å². The normalized spacial score (nSPS) is 11.5. The van der Waals surface area contributed by atoms with Gasteiger partial charge in [-0.05, 0) is 189 Å². The van der Waals surface area contributed by atoms with Crippen LogP contribution in [0.25, 0.3) is 0 Å². The topological polar surface area (TPSA) is 0 Å². The molecule has 0 saturated carbocycles. The minimum absolute atomic E-state index is 0.412. The van der Waals surface area contributed by atoms with E-state index in [4.69, 9.17) is 0 Å². The SMILES string of the molecule is CC(Cc1c(Br)c(Br)c(Br)c(Br)c1Br)Cc1c(Br)c(Br)c(Br)c(Br)c1Br. The molecule has 0 aromatic heterocycles. The molecule has 0 aliphatic rings. The zero-order chi connectivity index (χ0) is 19.9. The number of rotatable bonds is 4. The van der Waals surface area contributed by atoms with E-state index in [1.54, 1.807) is 0 Å². The van der Waals surface area contributed by atoms with E-state index in [1.807, 2.05) is 0 Å². The molecular formula is C16H8Br10. The Morgan fingerprint density at radius 2 is 0.615 bits per heavy atom. The summed E-state index contributed by atoms with van der Waals surface area (Å²) in [5.41, 5.74) is 2.45. The van der Waals surface area contributed by atoms with Gasteiger partial charge in [-0.2, -0.15) is 0 Å².